The van der Waals surface area contributed by atoms with Crippen molar-refractivity contribution in [2.75, 3.05) is 20.2 Å². The standard InChI is InChI=1S/C12H18BrNO/c1-10(9-14-2)7-8-15-12-5-3-11(13)4-6-12/h3-6,10,14H,7-9H2,1-2H3. The van der Waals surface area contributed by atoms with Crippen LogP contribution in [-0.4, -0.2) is 20.2 Å². The summed E-state index contributed by atoms with van der Waals surface area (Å²) in [5.41, 5.74) is 0. The quantitative estimate of drug-likeness (QED) is 0.859. The van der Waals surface area contributed by atoms with Crippen LogP contribution in [0.2, 0.25) is 0 Å². The number of hydrogen-bond donors (Lipinski definition) is 1. The van der Waals surface area contributed by atoms with Crippen molar-refractivity contribution in [2.24, 2.45) is 5.92 Å². The SMILES string of the molecule is CNCC(C)CCOc1ccc(Br)cc1. The number of hydrogen-bond acceptors (Lipinski definition) is 2. The Morgan fingerprint density at radius 1 is 1.33 bits per heavy atom. The average Bonchev–Trinajstić information content (AvgIpc) is 2.21. The zero-order chi connectivity index (χ0) is 11.1. The molecule has 0 aliphatic heterocycles. The van der Waals surface area contributed by atoms with Gasteiger partial charge in [-0.1, -0.05) is 22.9 Å². The molecule has 0 saturated heterocycles. The molecule has 0 amide bonds. The Morgan fingerprint density at radius 2 is 2.00 bits per heavy atom. The third kappa shape index (κ3) is 5.19. The molecule has 0 aliphatic rings. The molecule has 84 valence electrons. The molecule has 1 rings (SSSR count). The number of halogens is 1. The summed E-state index contributed by atoms with van der Waals surface area (Å²) in [6, 6.07) is 7.94. The molecule has 1 atom stereocenters. The molecule has 1 N–H and O–H groups in total. The van der Waals surface area contributed by atoms with E-state index in [0.717, 1.165) is 29.8 Å². The summed E-state index contributed by atoms with van der Waals surface area (Å²) in [5.74, 6) is 1.60. The van der Waals surface area contributed by atoms with Gasteiger partial charge < -0.3 is 10.1 Å². The van der Waals surface area contributed by atoms with Crippen molar-refractivity contribution in [3.63, 3.8) is 0 Å². The lowest BCUT2D eigenvalue weighted by molar-refractivity contribution is 0.282. The Kier molecular flexibility index (Phi) is 5.73. The highest BCUT2D eigenvalue weighted by Gasteiger charge is 2.00. The number of benzene rings is 1. The monoisotopic (exact) mass is 271 g/mol. The Labute approximate surface area is 100 Å². The van der Waals surface area contributed by atoms with Gasteiger partial charge in [0.1, 0.15) is 5.75 Å². The molecule has 2 nitrogen and oxygen atoms in total. The van der Waals surface area contributed by atoms with Gasteiger partial charge in [0, 0.05) is 4.47 Å². The first-order valence-electron chi connectivity index (χ1n) is 5.25. The Balaban J connectivity index is 2.22. The van der Waals surface area contributed by atoms with Gasteiger partial charge in [-0.25, -0.2) is 0 Å². The first-order valence-corrected chi connectivity index (χ1v) is 6.04. The molecule has 0 radical (unpaired) electrons. The van der Waals surface area contributed by atoms with Gasteiger partial charge in [-0.3, -0.25) is 0 Å². The molecule has 0 aromatic heterocycles. The smallest absolute Gasteiger partial charge is 0.119 e. The van der Waals surface area contributed by atoms with Crippen LogP contribution in [0.25, 0.3) is 0 Å². The number of ether oxygens (including phenoxy) is 1. The molecule has 1 unspecified atom stereocenters. The summed E-state index contributed by atoms with van der Waals surface area (Å²) in [4.78, 5) is 0. The zero-order valence-electron chi connectivity index (χ0n) is 9.29. The lowest BCUT2D eigenvalue weighted by Crippen LogP contribution is -2.18. The molecular formula is C12H18BrNO. The second kappa shape index (κ2) is 6.85. The van der Waals surface area contributed by atoms with Gasteiger partial charge in [0.25, 0.3) is 0 Å². The molecule has 3 heteroatoms. The second-order valence-electron chi connectivity index (χ2n) is 3.75. The molecule has 0 aliphatic carbocycles. The van der Waals surface area contributed by atoms with Gasteiger partial charge >= 0.3 is 0 Å². The minimum Gasteiger partial charge on any atom is -0.494 e. The van der Waals surface area contributed by atoms with Crippen molar-refractivity contribution in [3.8, 4) is 5.75 Å². The molecule has 0 fully saturated rings. The molecule has 0 spiro atoms. The summed E-state index contributed by atoms with van der Waals surface area (Å²) in [6.07, 6.45) is 1.08. The number of nitrogens with one attached hydrogen (secondary N) is 1. The topological polar surface area (TPSA) is 21.3 Å². The van der Waals surface area contributed by atoms with E-state index in [2.05, 4.69) is 28.2 Å². The van der Waals surface area contributed by atoms with E-state index < -0.39 is 0 Å². The molecule has 15 heavy (non-hydrogen) atoms. The summed E-state index contributed by atoms with van der Waals surface area (Å²) >= 11 is 3.39. The van der Waals surface area contributed by atoms with Crippen molar-refractivity contribution in [2.45, 2.75) is 13.3 Å². The van der Waals surface area contributed by atoms with Crippen LogP contribution >= 0.6 is 15.9 Å². The molecule has 1 aromatic rings. The van der Waals surface area contributed by atoms with Gasteiger partial charge in [-0.2, -0.15) is 0 Å². The fourth-order valence-corrected chi connectivity index (χ4v) is 1.62. The van der Waals surface area contributed by atoms with E-state index in [1.807, 2.05) is 31.3 Å². The normalized spacial score (nSPS) is 12.5. The fraction of sp³-hybridized carbons (Fsp3) is 0.500. The van der Waals surface area contributed by atoms with Crippen molar-refractivity contribution >= 4 is 15.9 Å². The predicted octanol–water partition coefficient (Wildman–Crippen LogP) is 3.07. The van der Waals surface area contributed by atoms with Crippen LogP contribution in [0, 0.1) is 5.92 Å². The Morgan fingerprint density at radius 3 is 2.60 bits per heavy atom. The maximum atomic E-state index is 5.63. The maximum absolute atomic E-state index is 5.63. The zero-order valence-corrected chi connectivity index (χ0v) is 10.9. The van der Waals surface area contributed by atoms with Crippen molar-refractivity contribution in [3.05, 3.63) is 28.7 Å². The maximum Gasteiger partial charge on any atom is 0.119 e. The van der Waals surface area contributed by atoms with Crippen LogP contribution in [-0.2, 0) is 0 Å². The lowest BCUT2D eigenvalue weighted by Gasteiger charge is -2.11. The van der Waals surface area contributed by atoms with E-state index in [1.165, 1.54) is 0 Å². The van der Waals surface area contributed by atoms with E-state index in [0.29, 0.717) is 5.92 Å². The summed E-state index contributed by atoms with van der Waals surface area (Å²) in [7, 11) is 1.98. The molecular weight excluding hydrogens is 254 g/mol. The highest BCUT2D eigenvalue weighted by atomic mass is 79.9. The van der Waals surface area contributed by atoms with Crippen LogP contribution in [0.4, 0.5) is 0 Å². The lowest BCUT2D eigenvalue weighted by atomic mass is 10.1. The van der Waals surface area contributed by atoms with Crippen LogP contribution in [0.15, 0.2) is 28.7 Å². The Bertz CT molecular complexity index is 273. The Hall–Kier alpha value is -0.540. The van der Waals surface area contributed by atoms with Gasteiger partial charge in [-0.15, -0.1) is 0 Å². The van der Waals surface area contributed by atoms with Crippen LogP contribution in [0.5, 0.6) is 5.75 Å². The van der Waals surface area contributed by atoms with E-state index in [4.69, 9.17) is 4.74 Å². The first-order chi connectivity index (χ1) is 7.22. The minimum atomic E-state index is 0.658. The molecule has 0 bridgehead atoms. The highest BCUT2D eigenvalue weighted by molar-refractivity contribution is 9.10. The van der Waals surface area contributed by atoms with Gasteiger partial charge in [0.05, 0.1) is 6.61 Å². The van der Waals surface area contributed by atoms with Crippen molar-refractivity contribution < 1.29 is 4.74 Å². The third-order valence-corrected chi connectivity index (χ3v) is 2.77. The first kappa shape index (κ1) is 12.5. The predicted molar refractivity (Wildman–Crippen MR) is 67.3 cm³/mol. The molecule has 1 aromatic carbocycles. The average molecular weight is 272 g/mol. The van der Waals surface area contributed by atoms with Crippen LogP contribution in [0.1, 0.15) is 13.3 Å². The largest absolute Gasteiger partial charge is 0.494 e. The van der Waals surface area contributed by atoms with Crippen molar-refractivity contribution in [1.82, 2.24) is 5.32 Å². The highest BCUT2D eigenvalue weighted by Crippen LogP contribution is 2.16. The van der Waals surface area contributed by atoms with Gasteiger partial charge in [0.15, 0.2) is 0 Å². The van der Waals surface area contributed by atoms with Gasteiger partial charge in [-0.05, 0) is 50.2 Å². The van der Waals surface area contributed by atoms with E-state index in [9.17, 15) is 0 Å². The van der Waals surface area contributed by atoms with E-state index in [1.54, 1.807) is 0 Å². The summed E-state index contributed by atoms with van der Waals surface area (Å²) in [6.45, 7) is 4.05. The van der Waals surface area contributed by atoms with Crippen LogP contribution in [0.3, 0.4) is 0 Å². The van der Waals surface area contributed by atoms with E-state index >= 15 is 0 Å². The van der Waals surface area contributed by atoms with E-state index in [-0.39, 0.29) is 0 Å². The van der Waals surface area contributed by atoms with Gasteiger partial charge in [0.2, 0.25) is 0 Å². The second-order valence-corrected chi connectivity index (χ2v) is 4.67. The third-order valence-electron chi connectivity index (χ3n) is 2.25. The minimum absolute atomic E-state index is 0.658. The fourth-order valence-electron chi connectivity index (χ4n) is 1.36. The molecule has 0 heterocycles. The number of rotatable bonds is 6. The molecule has 0 saturated carbocycles. The van der Waals surface area contributed by atoms with Crippen molar-refractivity contribution in [1.29, 1.82) is 0 Å². The summed E-state index contributed by atoms with van der Waals surface area (Å²) in [5, 5.41) is 3.16. The van der Waals surface area contributed by atoms with Crippen LogP contribution < -0.4 is 10.1 Å². The summed E-state index contributed by atoms with van der Waals surface area (Å²) < 4.78 is 6.71.